The van der Waals surface area contributed by atoms with Crippen molar-refractivity contribution < 1.29 is 0 Å². The van der Waals surface area contributed by atoms with Crippen LogP contribution in [0.25, 0.3) is 11.0 Å². The summed E-state index contributed by atoms with van der Waals surface area (Å²) in [6.45, 7) is 9.25. The molecule has 4 rings (SSSR count). The Bertz CT molecular complexity index is 863. The molecule has 0 saturated heterocycles. The minimum atomic E-state index is 0.450. The van der Waals surface area contributed by atoms with Crippen LogP contribution in [0.5, 0.6) is 0 Å². The monoisotopic (exact) mass is 322 g/mol. The Hall–Kier alpha value is -2.63. The number of nitrogens with zero attached hydrogens (tertiary/aromatic N) is 5. The predicted octanol–water partition coefficient (Wildman–Crippen LogP) is 3.61. The summed E-state index contributed by atoms with van der Waals surface area (Å²) < 4.78 is 0. The Kier molecular flexibility index (Phi) is 4.64. The fourth-order valence-electron chi connectivity index (χ4n) is 2.75. The highest BCUT2D eigenvalue weighted by atomic mass is 14.9. The predicted molar refractivity (Wildman–Crippen MR) is 95.4 cm³/mol. The van der Waals surface area contributed by atoms with E-state index in [0.29, 0.717) is 11.8 Å². The summed E-state index contributed by atoms with van der Waals surface area (Å²) in [6.07, 6.45) is 7.01. The number of aromatic amines is 1. The third kappa shape index (κ3) is 3.18. The maximum Gasteiger partial charge on any atom is 0.140 e. The van der Waals surface area contributed by atoms with Gasteiger partial charge in [0.2, 0.25) is 0 Å². The van der Waals surface area contributed by atoms with Crippen molar-refractivity contribution in [2.45, 2.75) is 46.1 Å². The van der Waals surface area contributed by atoms with Crippen LogP contribution in [0.4, 0.5) is 0 Å². The Morgan fingerprint density at radius 3 is 2.38 bits per heavy atom. The van der Waals surface area contributed by atoms with Gasteiger partial charge in [-0.15, -0.1) is 0 Å². The molecule has 0 saturated carbocycles. The van der Waals surface area contributed by atoms with Gasteiger partial charge in [-0.25, -0.2) is 19.9 Å². The summed E-state index contributed by atoms with van der Waals surface area (Å²) in [7, 11) is 0. The molecule has 3 aromatic heterocycles. The summed E-state index contributed by atoms with van der Waals surface area (Å²) in [5.74, 6) is 0.901. The van der Waals surface area contributed by atoms with Crippen molar-refractivity contribution in [3.05, 3.63) is 47.6 Å². The Labute approximate surface area is 141 Å². The number of rotatable bonds is 2. The van der Waals surface area contributed by atoms with Crippen molar-refractivity contribution in [3.63, 3.8) is 0 Å². The average Bonchev–Trinajstić information content (AvgIpc) is 3.23. The van der Waals surface area contributed by atoms with Gasteiger partial charge in [0.1, 0.15) is 18.3 Å². The highest BCUT2D eigenvalue weighted by molar-refractivity contribution is 5.85. The van der Waals surface area contributed by atoms with Crippen LogP contribution in [0.3, 0.4) is 0 Å². The number of aliphatic imine (C=N–C) groups is 1. The number of H-pyrrole nitrogens is 1. The molecule has 1 aliphatic rings. The zero-order valence-corrected chi connectivity index (χ0v) is 14.5. The Morgan fingerprint density at radius 1 is 0.917 bits per heavy atom. The van der Waals surface area contributed by atoms with E-state index in [0.717, 1.165) is 40.2 Å². The van der Waals surface area contributed by atoms with E-state index in [1.54, 1.807) is 12.7 Å². The van der Waals surface area contributed by atoms with Gasteiger partial charge in [0.05, 0.1) is 23.6 Å². The fourth-order valence-corrected chi connectivity index (χ4v) is 2.75. The molecule has 0 amide bonds. The van der Waals surface area contributed by atoms with Gasteiger partial charge in [0.15, 0.2) is 0 Å². The molecular formula is C18H22N6. The summed E-state index contributed by atoms with van der Waals surface area (Å²) in [5, 5.41) is 1.13. The van der Waals surface area contributed by atoms with Gasteiger partial charge in [0, 0.05) is 23.4 Å². The molecule has 6 nitrogen and oxygen atoms in total. The van der Waals surface area contributed by atoms with Crippen LogP contribution in [0.2, 0.25) is 0 Å². The van der Waals surface area contributed by atoms with Crippen LogP contribution >= 0.6 is 0 Å². The lowest BCUT2D eigenvalue weighted by Gasteiger charge is -2.06. The van der Waals surface area contributed by atoms with Gasteiger partial charge in [0.25, 0.3) is 0 Å². The normalized spacial score (nSPS) is 12.6. The average molecular weight is 322 g/mol. The molecule has 0 atom stereocenters. The molecule has 4 heterocycles. The van der Waals surface area contributed by atoms with Crippen molar-refractivity contribution >= 4 is 17.2 Å². The van der Waals surface area contributed by atoms with Crippen LogP contribution in [-0.2, 0) is 6.54 Å². The van der Waals surface area contributed by atoms with Crippen molar-refractivity contribution in [2.24, 2.45) is 4.99 Å². The van der Waals surface area contributed by atoms with Crippen molar-refractivity contribution in [1.29, 1.82) is 0 Å². The first kappa shape index (κ1) is 16.2. The van der Waals surface area contributed by atoms with E-state index >= 15 is 0 Å². The van der Waals surface area contributed by atoms with Crippen LogP contribution in [-0.4, -0.2) is 31.1 Å². The van der Waals surface area contributed by atoms with Crippen LogP contribution in [0.1, 0.15) is 62.2 Å². The standard InChI is InChI=1S/2C9H11N3/c1-6(2)9-7-3-10-4-8(7)11-5-12-9;1-6(2)8-7-3-4-10-9(7)12-5-11-8/h3,5-6H,4H2,1-2H3;3-6H,1-2H3,(H,10,11,12). The molecule has 1 N–H and O–H groups in total. The minimum absolute atomic E-state index is 0.450. The molecule has 1 aliphatic heterocycles. The first-order valence-corrected chi connectivity index (χ1v) is 8.19. The van der Waals surface area contributed by atoms with Crippen LogP contribution < -0.4 is 0 Å². The number of aromatic nitrogens is 5. The highest BCUT2D eigenvalue weighted by Gasteiger charge is 2.14. The molecule has 0 fully saturated rings. The second-order valence-corrected chi connectivity index (χ2v) is 6.40. The first-order valence-electron chi connectivity index (χ1n) is 8.19. The van der Waals surface area contributed by atoms with E-state index in [-0.39, 0.29) is 0 Å². The molecule has 3 aromatic rings. The van der Waals surface area contributed by atoms with Crippen LogP contribution in [0, 0.1) is 0 Å². The maximum atomic E-state index is 4.25. The fraction of sp³-hybridized carbons (Fsp3) is 0.389. The van der Waals surface area contributed by atoms with Crippen molar-refractivity contribution in [3.8, 4) is 0 Å². The lowest BCUT2D eigenvalue weighted by atomic mass is 10.0. The first-order chi connectivity index (χ1) is 11.6. The maximum absolute atomic E-state index is 4.25. The quantitative estimate of drug-likeness (QED) is 0.781. The van der Waals surface area contributed by atoms with E-state index < -0.39 is 0 Å². The lowest BCUT2D eigenvalue weighted by Crippen LogP contribution is -2.02. The minimum Gasteiger partial charge on any atom is -0.346 e. The molecule has 124 valence electrons. The van der Waals surface area contributed by atoms with Gasteiger partial charge < -0.3 is 4.98 Å². The number of hydrogen-bond acceptors (Lipinski definition) is 5. The van der Waals surface area contributed by atoms with E-state index in [4.69, 9.17) is 0 Å². The Morgan fingerprint density at radius 2 is 1.62 bits per heavy atom. The van der Waals surface area contributed by atoms with Crippen molar-refractivity contribution in [2.75, 3.05) is 0 Å². The SMILES string of the molecule is CC(C)c1ncnc2[nH]ccc12.CC(C)c1ncnc2c1C=NC2. The van der Waals surface area contributed by atoms with Gasteiger partial charge in [-0.3, -0.25) is 4.99 Å². The summed E-state index contributed by atoms with van der Waals surface area (Å²) in [6, 6.07) is 2.02. The molecule has 0 bridgehead atoms. The summed E-state index contributed by atoms with van der Waals surface area (Å²) >= 11 is 0. The van der Waals surface area contributed by atoms with E-state index in [2.05, 4.69) is 57.6 Å². The van der Waals surface area contributed by atoms with E-state index in [1.165, 1.54) is 0 Å². The smallest absolute Gasteiger partial charge is 0.140 e. The lowest BCUT2D eigenvalue weighted by molar-refractivity contribution is 0.803. The Balaban J connectivity index is 0.000000141. The zero-order valence-electron chi connectivity index (χ0n) is 14.5. The van der Waals surface area contributed by atoms with E-state index in [1.807, 2.05) is 18.5 Å². The topological polar surface area (TPSA) is 79.7 Å². The highest BCUT2D eigenvalue weighted by Crippen LogP contribution is 2.21. The second-order valence-electron chi connectivity index (χ2n) is 6.40. The van der Waals surface area contributed by atoms with Crippen LogP contribution in [0.15, 0.2) is 29.9 Å². The third-order valence-corrected chi connectivity index (χ3v) is 3.94. The molecule has 0 aromatic carbocycles. The molecular weight excluding hydrogens is 300 g/mol. The van der Waals surface area contributed by atoms with Crippen molar-refractivity contribution in [1.82, 2.24) is 24.9 Å². The molecule has 0 spiro atoms. The zero-order chi connectivity index (χ0) is 17.1. The molecule has 0 radical (unpaired) electrons. The third-order valence-electron chi connectivity index (χ3n) is 3.94. The summed E-state index contributed by atoms with van der Waals surface area (Å²) in [5.41, 5.74) is 5.34. The number of nitrogens with one attached hydrogen (secondary N) is 1. The second kappa shape index (κ2) is 6.86. The number of hydrogen-bond donors (Lipinski definition) is 1. The van der Waals surface area contributed by atoms with Gasteiger partial charge in [-0.1, -0.05) is 27.7 Å². The molecule has 6 heteroatoms. The summed E-state index contributed by atoms with van der Waals surface area (Å²) in [4.78, 5) is 24.0. The largest absolute Gasteiger partial charge is 0.346 e. The van der Waals surface area contributed by atoms with Gasteiger partial charge in [-0.2, -0.15) is 0 Å². The molecule has 24 heavy (non-hydrogen) atoms. The van der Waals surface area contributed by atoms with Gasteiger partial charge >= 0.3 is 0 Å². The number of fused-ring (bicyclic) bond motifs is 2. The van der Waals surface area contributed by atoms with Gasteiger partial charge in [-0.05, 0) is 17.9 Å². The van der Waals surface area contributed by atoms with E-state index in [9.17, 15) is 0 Å². The molecule has 0 aliphatic carbocycles. The molecule has 0 unspecified atom stereocenters.